The van der Waals surface area contributed by atoms with Crippen LogP contribution >= 0.6 is 0 Å². The van der Waals surface area contributed by atoms with Gasteiger partial charge in [-0.1, -0.05) is 194 Å². The quantitative estimate of drug-likeness (QED) is 0.111. The van der Waals surface area contributed by atoms with Crippen molar-refractivity contribution < 1.29 is 17.1 Å². The van der Waals surface area contributed by atoms with E-state index >= 15 is 0 Å². The largest absolute Gasteiger partial charge is 0.296 e. The summed E-state index contributed by atoms with van der Waals surface area (Å²) >= 11 is 0. The fourth-order valence-electron chi connectivity index (χ4n) is 12.2. The number of fused-ring (bicyclic) bond motifs is 8. The van der Waals surface area contributed by atoms with Crippen molar-refractivity contribution in [3.63, 3.8) is 0 Å². The molecule has 12 aromatic rings. The van der Waals surface area contributed by atoms with E-state index in [9.17, 15) is 0 Å². The summed E-state index contributed by atoms with van der Waals surface area (Å²) in [5.41, 5.74) is 5.73. The van der Waals surface area contributed by atoms with Gasteiger partial charge in [-0.15, -0.1) is 0 Å². The molecule has 0 spiro atoms. The second-order valence-corrected chi connectivity index (χ2v) is 20.3. The molecule has 0 bridgehead atoms. The second-order valence-electron chi connectivity index (χ2n) is 20.3. The van der Waals surface area contributed by atoms with Crippen molar-refractivity contribution >= 4 is 86.2 Å². The van der Waals surface area contributed by atoms with Gasteiger partial charge < -0.3 is 0 Å². The average molecular weight is 997 g/mol. The molecule has 1 heterocycles. The minimum absolute atomic E-state index is 0. The molecule has 0 unspecified atom stereocenters. The van der Waals surface area contributed by atoms with E-state index in [0.29, 0.717) is 0 Å². The zero-order valence-corrected chi connectivity index (χ0v) is 42.3. The zero-order valence-electron chi connectivity index (χ0n) is 41.4. The Morgan fingerprint density at radius 2 is 0.342 bits per heavy atom. The molecular weight excluding hydrogens is 936 g/mol. The molecular formula is C68H60CuN4. The van der Waals surface area contributed by atoms with E-state index in [-0.39, 0.29) is 17.1 Å². The van der Waals surface area contributed by atoms with Gasteiger partial charge in [-0.25, -0.2) is 0 Å². The third-order valence-electron chi connectivity index (χ3n) is 16.0. The molecule has 1 radical (unpaired) electrons. The van der Waals surface area contributed by atoms with Crippen LogP contribution in [0.3, 0.4) is 0 Å². The summed E-state index contributed by atoms with van der Waals surface area (Å²) in [7, 11) is 0. The molecule has 0 N–H and O–H groups in total. The molecule has 0 aliphatic carbocycles. The molecule has 0 aromatic heterocycles. The fourth-order valence-corrected chi connectivity index (χ4v) is 12.2. The predicted molar refractivity (Wildman–Crippen MR) is 307 cm³/mol. The molecule has 13 rings (SSSR count). The van der Waals surface area contributed by atoms with E-state index in [4.69, 9.17) is 0 Å². The van der Waals surface area contributed by atoms with E-state index in [1.54, 1.807) is 0 Å². The third kappa shape index (κ3) is 9.50. The van der Waals surface area contributed by atoms with Crippen molar-refractivity contribution in [3.8, 4) is 0 Å². The molecule has 363 valence electrons. The first-order chi connectivity index (χ1) is 35.7. The van der Waals surface area contributed by atoms with Crippen molar-refractivity contribution in [1.29, 1.82) is 0 Å². The molecule has 73 heavy (non-hydrogen) atoms. The summed E-state index contributed by atoms with van der Waals surface area (Å²) < 4.78 is 0. The maximum Gasteiger partial charge on any atom is 0.0247 e. The summed E-state index contributed by atoms with van der Waals surface area (Å²) in [4.78, 5) is 11.2. The van der Waals surface area contributed by atoms with E-state index < -0.39 is 0 Å². The number of nitrogens with zero attached hydrogens (tertiary/aromatic N) is 4. The van der Waals surface area contributed by atoms with Gasteiger partial charge in [0, 0.05) is 95.6 Å². The summed E-state index contributed by atoms with van der Waals surface area (Å²) in [5, 5.41) is 21.4. The van der Waals surface area contributed by atoms with Gasteiger partial charge in [-0.3, -0.25) is 19.6 Å². The minimum Gasteiger partial charge on any atom is -0.296 e. The zero-order chi connectivity index (χ0) is 47.8. The Kier molecular flexibility index (Phi) is 13.5. The summed E-state index contributed by atoms with van der Waals surface area (Å²) in [6, 6.07) is 81.9. The Hall–Kier alpha value is -6.92. The van der Waals surface area contributed by atoms with E-state index in [2.05, 4.69) is 238 Å². The maximum atomic E-state index is 2.79. The van der Waals surface area contributed by atoms with Gasteiger partial charge in [-0.2, -0.15) is 0 Å². The first kappa shape index (κ1) is 47.1. The average Bonchev–Trinajstić information content (AvgIpc) is 3.42. The monoisotopic (exact) mass is 995 g/mol. The van der Waals surface area contributed by atoms with Crippen LogP contribution in [0.15, 0.2) is 218 Å². The number of hydrogen-bond donors (Lipinski definition) is 0. The van der Waals surface area contributed by atoms with Crippen LogP contribution in [0.25, 0.3) is 86.2 Å². The van der Waals surface area contributed by atoms with Crippen molar-refractivity contribution in [2.75, 3.05) is 52.4 Å². The Balaban J connectivity index is 0.00000543. The van der Waals surface area contributed by atoms with Crippen LogP contribution in [0.1, 0.15) is 22.3 Å². The minimum atomic E-state index is 0. The SMILES string of the molecule is [Cu].c1ccc2c(CN3CCN(Cc4c5ccccc5cc5ccccc45)CCN(Cc4c5ccccc5cc5ccccc45)CCN(Cc4c5ccccc5cc5ccccc45)CC3)c3ccccc3cc2c1. The van der Waals surface area contributed by atoms with Crippen molar-refractivity contribution in [2.45, 2.75) is 26.2 Å². The Labute approximate surface area is 439 Å². The molecule has 0 amide bonds. The Bertz CT molecular complexity index is 3210. The van der Waals surface area contributed by atoms with Crippen LogP contribution < -0.4 is 0 Å². The van der Waals surface area contributed by atoms with Crippen LogP contribution in [0.5, 0.6) is 0 Å². The molecule has 1 aliphatic heterocycles. The van der Waals surface area contributed by atoms with Gasteiger partial charge >= 0.3 is 0 Å². The second kappa shape index (κ2) is 20.9. The molecule has 0 atom stereocenters. The number of rotatable bonds is 8. The van der Waals surface area contributed by atoms with Gasteiger partial charge in [0.2, 0.25) is 0 Å². The molecule has 0 saturated carbocycles. The molecule has 1 aliphatic rings. The van der Waals surface area contributed by atoms with E-state index in [1.807, 2.05) is 0 Å². The number of hydrogen-bond acceptors (Lipinski definition) is 4. The first-order valence-corrected chi connectivity index (χ1v) is 26.1. The van der Waals surface area contributed by atoms with Crippen LogP contribution in [-0.2, 0) is 43.2 Å². The van der Waals surface area contributed by atoms with Crippen LogP contribution in [0.4, 0.5) is 0 Å². The van der Waals surface area contributed by atoms with Crippen LogP contribution in [0, 0.1) is 0 Å². The Morgan fingerprint density at radius 3 is 0.493 bits per heavy atom. The van der Waals surface area contributed by atoms with Crippen molar-refractivity contribution in [2.24, 2.45) is 0 Å². The van der Waals surface area contributed by atoms with E-state index in [1.165, 1.54) is 108 Å². The van der Waals surface area contributed by atoms with Crippen molar-refractivity contribution in [1.82, 2.24) is 19.6 Å². The number of benzene rings is 12. The van der Waals surface area contributed by atoms with E-state index in [0.717, 1.165) is 78.5 Å². The van der Waals surface area contributed by atoms with Crippen LogP contribution in [0.2, 0.25) is 0 Å². The molecule has 12 aromatic carbocycles. The fraction of sp³-hybridized carbons (Fsp3) is 0.176. The molecule has 1 fully saturated rings. The molecule has 4 nitrogen and oxygen atoms in total. The summed E-state index contributed by atoms with van der Waals surface area (Å²) in [6.45, 7) is 11.2. The third-order valence-corrected chi connectivity index (χ3v) is 16.0. The summed E-state index contributed by atoms with van der Waals surface area (Å²) in [5.74, 6) is 0. The summed E-state index contributed by atoms with van der Waals surface area (Å²) in [6.07, 6.45) is 0. The molecule has 1 saturated heterocycles. The first-order valence-electron chi connectivity index (χ1n) is 26.1. The van der Waals surface area contributed by atoms with Crippen LogP contribution in [-0.4, -0.2) is 72.0 Å². The van der Waals surface area contributed by atoms with Crippen molar-refractivity contribution in [3.05, 3.63) is 241 Å². The van der Waals surface area contributed by atoms with Gasteiger partial charge in [0.1, 0.15) is 0 Å². The normalized spacial score (nSPS) is 15.1. The smallest absolute Gasteiger partial charge is 0.0247 e. The Morgan fingerprint density at radius 1 is 0.205 bits per heavy atom. The van der Waals surface area contributed by atoms with Gasteiger partial charge in [0.25, 0.3) is 0 Å². The standard InChI is InChI=1S/C68H60N4.Cu/c1-9-25-57-49(17-1)41-50-18-2-10-26-58(50)65(57)45-69-33-35-70(46-66-59-27-11-3-19-51(59)42-52-20-4-12-28-60(52)66)37-39-72(48-68-63-31-15-7-23-55(63)44-56-24-8-16-32-64(56)68)40-38-71(36-34-69)47-67-61-29-13-5-21-53(61)43-54-22-6-14-30-62(54)67;/h1-32,41-44H,33-40,45-48H2;. The predicted octanol–water partition coefficient (Wildman–Crippen LogP) is 15.2. The van der Waals surface area contributed by atoms with Gasteiger partial charge in [0.15, 0.2) is 0 Å². The van der Waals surface area contributed by atoms with Gasteiger partial charge in [0.05, 0.1) is 0 Å². The molecule has 5 heteroatoms. The van der Waals surface area contributed by atoms with Gasteiger partial charge in [-0.05, 0) is 133 Å². The topological polar surface area (TPSA) is 13.0 Å². The maximum absolute atomic E-state index is 2.79.